The third kappa shape index (κ3) is 5.64. The lowest BCUT2D eigenvalue weighted by molar-refractivity contribution is -0.123. The molecular formula is C25H18BrFINO4S. The number of rotatable bonds is 7. The van der Waals surface area contributed by atoms with Crippen molar-refractivity contribution < 1.29 is 23.5 Å². The number of carbonyl (C=O) groups is 2. The van der Waals surface area contributed by atoms with Gasteiger partial charge in [0.2, 0.25) is 0 Å². The second kappa shape index (κ2) is 10.9. The third-order valence-corrected chi connectivity index (χ3v) is 7.22. The molecule has 2 amide bonds. The second-order valence-electron chi connectivity index (χ2n) is 7.31. The van der Waals surface area contributed by atoms with Gasteiger partial charge in [0.1, 0.15) is 12.4 Å². The van der Waals surface area contributed by atoms with Crippen molar-refractivity contribution in [3.05, 3.63) is 96.1 Å². The van der Waals surface area contributed by atoms with Crippen LogP contribution in [-0.2, 0) is 17.9 Å². The van der Waals surface area contributed by atoms with E-state index in [1.165, 1.54) is 18.1 Å². The van der Waals surface area contributed by atoms with Crippen LogP contribution >= 0.6 is 50.3 Å². The number of thioether (sulfide) groups is 1. The van der Waals surface area contributed by atoms with E-state index in [2.05, 4.69) is 38.5 Å². The fourth-order valence-electron chi connectivity index (χ4n) is 3.29. The van der Waals surface area contributed by atoms with Crippen LogP contribution in [0.3, 0.4) is 0 Å². The average Bonchev–Trinajstić information content (AvgIpc) is 3.07. The molecule has 1 fully saturated rings. The van der Waals surface area contributed by atoms with E-state index in [0.717, 1.165) is 20.9 Å². The fourth-order valence-corrected chi connectivity index (χ4v) is 5.06. The van der Waals surface area contributed by atoms with Gasteiger partial charge >= 0.3 is 0 Å². The van der Waals surface area contributed by atoms with Crippen LogP contribution in [0, 0.1) is 9.39 Å². The number of benzene rings is 3. The first-order valence-corrected chi connectivity index (χ1v) is 12.8. The van der Waals surface area contributed by atoms with Gasteiger partial charge in [0.15, 0.2) is 11.5 Å². The minimum Gasteiger partial charge on any atom is -0.493 e. The molecule has 1 saturated heterocycles. The molecule has 0 unspecified atom stereocenters. The van der Waals surface area contributed by atoms with Gasteiger partial charge in [0.05, 0.1) is 23.0 Å². The maximum Gasteiger partial charge on any atom is 0.293 e. The van der Waals surface area contributed by atoms with E-state index in [1.807, 2.05) is 24.3 Å². The minimum atomic E-state index is -0.352. The average molecular weight is 654 g/mol. The molecule has 3 aromatic rings. The molecule has 0 aliphatic carbocycles. The summed E-state index contributed by atoms with van der Waals surface area (Å²) in [4.78, 5) is 26.9. The molecule has 0 radical (unpaired) electrons. The molecule has 0 N–H and O–H groups in total. The number of amides is 2. The lowest BCUT2D eigenvalue weighted by atomic mass is 10.1. The first-order chi connectivity index (χ1) is 16.4. The second-order valence-corrected chi connectivity index (χ2v) is 10.4. The fraction of sp³-hybridized carbons (Fsp3) is 0.120. The van der Waals surface area contributed by atoms with Crippen molar-refractivity contribution in [1.82, 2.24) is 4.90 Å². The van der Waals surface area contributed by atoms with Crippen LogP contribution in [-0.4, -0.2) is 23.2 Å². The number of ether oxygens (including phenoxy) is 2. The Morgan fingerprint density at radius 3 is 2.56 bits per heavy atom. The van der Waals surface area contributed by atoms with E-state index in [-0.39, 0.29) is 30.1 Å². The Hall–Kier alpha value is -2.37. The molecule has 0 aromatic heterocycles. The van der Waals surface area contributed by atoms with Crippen LogP contribution in [0.1, 0.15) is 16.7 Å². The smallest absolute Gasteiger partial charge is 0.293 e. The zero-order chi connectivity index (χ0) is 24.2. The third-order valence-electron chi connectivity index (χ3n) is 5.01. The molecule has 9 heteroatoms. The van der Waals surface area contributed by atoms with Gasteiger partial charge in [-0.3, -0.25) is 14.5 Å². The Bertz CT molecular complexity index is 1280. The maximum atomic E-state index is 13.9. The summed E-state index contributed by atoms with van der Waals surface area (Å²) in [5, 5.41) is -0.314. The Labute approximate surface area is 222 Å². The van der Waals surface area contributed by atoms with Gasteiger partial charge < -0.3 is 9.47 Å². The van der Waals surface area contributed by atoms with E-state index in [4.69, 9.17) is 9.47 Å². The summed E-state index contributed by atoms with van der Waals surface area (Å²) in [5.41, 5.74) is 1.95. The lowest BCUT2D eigenvalue weighted by Crippen LogP contribution is -2.27. The van der Waals surface area contributed by atoms with Gasteiger partial charge in [0.25, 0.3) is 11.1 Å². The number of methoxy groups -OCH3 is 1. The maximum absolute atomic E-state index is 13.9. The highest BCUT2D eigenvalue weighted by atomic mass is 127. The van der Waals surface area contributed by atoms with Gasteiger partial charge in [-0.25, -0.2) is 4.39 Å². The number of nitrogens with zero attached hydrogens (tertiary/aromatic N) is 1. The van der Waals surface area contributed by atoms with Crippen LogP contribution in [0.5, 0.6) is 11.5 Å². The zero-order valence-electron chi connectivity index (χ0n) is 17.9. The number of hydrogen-bond acceptors (Lipinski definition) is 5. The van der Waals surface area contributed by atoms with Crippen LogP contribution in [0.15, 0.2) is 70.0 Å². The summed E-state index contributed by atoms with van der Waals surface area (Å²) in [5.74, 6) is 0.128. The number of halogens is 3. The molecule has 0 bridgehead atoms. The Morgan fingerprint density at radius 1 is 1.12 bits per heavy atom. The molecule has 5 nitrogen and oxygen atoms in total. The largest absolute Gasteiger partial charge is 0.493 e. The predicted molar refractivity (Wildman–Crippen MR) is 142 cm³/mol. The topological polar surface area (TPSA) is 55.8 Å². The summed E-state index contributed by atoms with van der Waals surface area (Å²) in [6.07, 6.45) is 1.65. The quantitative estimate of drug-likeness (QED) is 0.203. The number of imide groups is 1. The highest BCUT2D eigenvalue weighted by Crippen LogP contribution is 2.39. The molecular weight excluding hydrogens is 636 g/mol. The number of hydrogen-bond donors (Lipinski definition) is 0. The van der Waals surface area contributed by atoms with Gasteiger partial charge in [-0.15, -0.1) is 0 Å². The van der Waals surface area contributed by atoms with Crippen LogP contribution < -0.4 is 9.47 Å². The molecule has 4 rings (SSSR count). The standard InChI is InChI=1S/C25H18BrFINO4S/c1-32-21-11-16(10-19(26)23(21)33-14-17-4-2-3-5-20(17)27)12-22-24(30)29(25(31)34-22)13-15-6-8-18(28)9-7-15/h2-12H,13-14H2,1H3/b22-12-. The first-order valence-electron chi connectivity index (χ1n) is 10.1. The molecule has 174 valence electrons. The van der Waals surface area contributed by atoms with Crippen molar-refractivity contribution in [2.45, 2.75) is 13.2 Å². The molecule has 0 atom stereocenters. The Kier molecular flexibility index (Phi) is 7.95. The van der Waals surface area contributed by atoms with Crippen molar-refractivity contribution in [2.75, 3.05) is 7.11 Å². The molecule has 0 saturated carbocycles. The summed E-state index contributed by atoms with van der Waals surface area (Å²) in [7, 11) is 1.50. The molecule has 1 heterocycles. The van der Waals surface area contributed by atoms with E-state index in [1.54, 1.807) is 36.4 Å². The van der Waals surface area contributed by atoms with Gasteiger partial charge in [-0.2, -0.15) is 0 Å². The molecule has 1 aliphatic rings. The first kappa shape index (κ1) is 24.7. The molecule has 1 aliphatic heterocycles. The monoisotopic (exact) mass is 653 g/mol. The summed E-state index contributed by atoms with van der Waals surface area (Å²) in [6.45, 7) is 0.243. The normalized spacial score (nSPS) is 14.7. The SMILES string of the molecule is COc1cc(/C=C2\SC(=O)N(Cc3ccc(I)cc3)C2=O)cc(Br)c1OCc1ccccc1F. The van der Waals surface area contributed by atoms with Crippen LogP contribution in [0.2, 0.25) is 0 Å². The molecule has 0 spiro atoms. The highest BCUT2D eigenvalue weighted by Gasteiger charge is 2.35. The van der Waals surface area contributed by atoms with Gasteiger partial charge in [-0.05, 0) is 97.8 Å². The van der Waals surface area contributed by atoms with Gasteiger partial charge in [-0.1, -0.05) is 30.3 Å². The van der Waals surface area contributed by atoms with Crippen LogP contribution in [0.25, 0.3) is 6.08 Å². The van der Waals surface area contributed by atoms with Crippen molar-refractivity contribution in [3.63, 3.8) is 0 Å². The molecule has 3 aromatic carbocycles. The van der Waals surface area contributed by atoms with Gasteiger partial charge in [0, 0.05) is 9.13 Å². The minimum absolute atomic E-state index is 0.0262. The van der Waals surface area contributed by atoms with E-state index >= 15 is 0 Å². The van der Waals surface area contributed by atoms with Crippen LogP contribution in [0.4, 0.5) is 9.18 Å². The Morgan fingerprint density at radius 2 is 1.85 bits per heavy atom. The van der Waals surface area contributed by atoms with Crippen molar-refractivity contribution >= 4 is 67.5 Å². The van der Waals surface area contributed by atoms with E-state index in [9.17, 15) is 14.0 Å². The van der Waals surface area contributed by atoms with Crippen molar-refractivity contribution in [2.24, 2.45) is 0 Å². The van der Waals surface area contributed by atoms with Crippen molar-refractivity contribution in [1.29, 1.82) is 0 Å². The van der Waals surface area contributed by atoms with E-state index < -0.39 is 0 Å². The number of carbonyl (C=O) groups excluding carboxylic acids is 2. The summed E-state index contributed by atoms with van der Waals surface area (Å²) >= 11 is 6.58. The highest BCUT2D eigenvalue weighted by molar-refractivity contribution is 14.1. The summed E-state index contributed by atoms with van der Waals surface area (Å²) < 4.78 is 26.9. The van der Waals surface area contributed by atoms with Crippen molar-refractivity contribution in [3.8, 4) is 11.5 Å². The van der Waals surface area contributed by atoms with E-state index in [0.29, 0.717) is 32.0 Å². The molecule has 34 heavy (non-hydrogen) atoms. The lowest BCUT2D eigenvalue weighted by Gasteiger charge is -2.14. The summed E-state index contributed by atoms with van der Waals surface area (Å²) in [6, 6.07) is 17.5. The zero-order valence-corrected chi connectivity index (χ0v) is 22.4. The predicted octanol–water partition coefficient (Wildman–Crippen LogP) is 7.02. The Balaban J connectivity index is 1.53.